The minimum Gasteiger partial charge on any atom is -0.390 e. The molecule has 1 aromatic rings. The van der Waals surface area contributed by atoms with Crippen molar-refractivity contribution >= 4 is 24.0 Å². The largest absolute Gasteiger partial charge is 0.390 e. The van der Waals surface area contributed by atoms with E-state index in [0.29, 0.717) is 0 Å². The third-order valence-corrected chi connectivity index (χ3v) is 2.26. The maximum absolute atomic E-state index is 13.0. The molecule has 0 heterocycles. The highest BCUT2D eigenvalue weighted by Gasteiger charge is 2.37. The van der Waals surface area contributed by atoms with Crippen molar-refractivity contribution in [2.75, 3.05) is 6.61 Å². The highest BCUT2D eigenvalue weighted by atomic mass is 35.5. The molecule has 0 fully saturated rings. The third kappa shape index (κ3) is 3.25. The van der Waals surface area contributed by atoms with Crippen molar-refractivity contribution in [1.82, 2.24) is 0 Å². The second-order valence-corrected chi connectivity index (χ2v) is 3.48. The second kappa shape index (κ2) is 5.72. The van der Waals surface area contributed by atoms with Crippen LogP contribution in [0.4, 0.5) is 13.2 Å². The first-order chi connectivity index (χ1) is 6.88. The van der Waals surface area contributed by atoms with Crippen molar-refractivity contribution < 1.29 is 18.3 Å². The Labute approximate surface area is 102 Å². The third-order valence-electron chi connectivity index (χ3n) is 1.97. The quantitative estimate of drug-likeness (QED) is 0.891. The number of benzene rings is 1. The average Bonchev–Trinajstić information content (AvgIpc) is 2.21. The number of hydrogen-bond donors (Lipinski definition) is 2. The van der Waals surface area contributed by atoms with Crippen LogP contribution in [0.5, 0.6) is 0 Å². The first-order valence-corrected chi connectivity index (χ1v) is 4.45. The van der Waals surface area contributed by atoms with E-state index in [0.717, 1.165) is 18.2 Å². The fraction of sp³-hybridized carbons (Fsp3) is 0.333. The maximum Gasteiger partial charge on any atom is 0.289 e. The molecule has 0 unspecified atom stereocenters. The lowest BCUT2D eigenvalue weighted by molar-refractivity contribution is -0.0711. The van der Waals surface area contributed by atoms with E-state index in [9.17, 15) is 13.2 Å². The normalized spacial score (nSPS) is 13.1. The summed E-state index contributed by atoms with van der Waals surface area (Å²) in [5.74, 6) is -4.17. The van der Waals surface area contributed by atoms with Gasteiger partial charge < -0.3 is 10.8 Å². The summed E-state index contributed by atoms with van der Waals surface area (Å²) in [5.41, 5.74) is 5.18. The van der Waals surface area contributed by atoms with Crippen molar-refractivity contribution in [1.29, 1.82) is 0 Å². The van der Waals surface area contributed by atoms with Gasteiger partial charge in [-0.05, 0) is 17.7 Å². The Morgan fingerprint density at radius 2 is 2.00 bits per heavy atom. The molecule has 1 atom stereocenters. The van der Waals surface area contributed by atoms with Gasteiger partial charge in [0.05, 0.1) is 11.1 Å². The zero-order valence-electron chi connectivity index (χ0n) is 7.96. The molecule has 2 nitrogen and oxygen atoms in total. The summed E-state index contributed by atoms with van der Waals surface area (Å²) in [4.78, 5) is 0. The summed E-state index contributed by atoms with van der Waals surface area (Å²) in [6, 6.07) is 1.37. The predicted molar refractivity (Wildman–Crippen MR) is 57.6 cm³/mol. The number of aliphatic hydroxyl groups is 1. The zero-order chi connectivity index (χ0) is 11.6. The highest BCUT2D eigenvalue weighted by molar-refractivity contribution is 6.30. The Kier molecular flexibility index (Phi) is 5.55. The fourth-order valence-corrected chi connectivity index (χ4v) is 1.24. The Bertz CT molecular complexity index is 363. The van der Waals surface area contributed by atoms with Crippen LogP contribution >= 0.6 is 24.0 Å². The van der Waals surface area contributed by atoms with Gasteiger partial charge in [0.25, 0.3) is 5.92 Å². The van der Waals surface area contributed by atoms with E-state index in [1.807, 2.05) is 0 Å². The molecule has 0 aliphatic rings. The van der Waals surface area contributed by atoms with Crippen LogP contribution in [0.15, 0.2) is 18.2 Å². The lowest BCUT2D eigenvalue weighted by Crippen LogP contribution is -2.36. The molecule has 0 amide bonds. The van der Waals surface area contributed by atoms with Crippen LogP contribution in [-0.2, 0) is 0 Å². The monoisotopic (exact) mass is 275 g/mol. The summed E-state index contributed by atoms with van der Waals surface area (Å²) in [6.45, 7) is -1.37. The van der Waals surface area contributed by atoms with Gasteiger partial charge in [-0.1, -0.05) is 17.7 Å². The Morgan fingerprint density at radius 1 is 1.44 bits per heavy atom. The number of alkyl halides is 2. The van der Waals surface area contributed by atoms with Crippen LogP contribution < -0.4 is 5.73 Å². The summed E-state index contributed by atoms with van der Waals surface area (Å²) < 4.78 is 38.6. The average molecular weight is 276 g/mol. The zero-order valence-corrected chi connectivity index (χ0v) is 9.53. The second-order valence-electron chi connectivity index (χ2n) is 3.07. The van der Waals surface area contributed by atoms with E-state index in [1.54, 1.807) is 0 Å². The summed E-state index contributed by atoms with van der Waals surface area (Å²) in [7, 11) is 0. The number of halogens is 5. The van der Waals surface area contributed by atoms with E-state index in [4.69, 9.17) is 22.4 Å². The van der Waals surface area contributed by atoms with Crippen LogP contribution in [0, 0.1) is 5.82 Å². The molecule has 16 heavy (non-hydrogen) atoms. The van der Waals surface area contributed by atoms with E-state index in [2.05, 4.69) is 0 Å². The lowest BCUT2D eigenvalue weighted by atomic mass is 10.0. The fourth-order valence-electron chi connectivity index (χ4n) is 1.05. The summed E-state index contributed by atoms with van der Waals surface area (Å²) >= 11 is 5.41. The predicted octanol–water partition coefficient (Wildman–Crippen LogP) is 2.53. The molecule has 0 aromatic heterocycles. The van der Waals surface area contributed by atoms with Gasteiger partial charge in [-0.25, -0.2) is 13.2 Å². The van der Waals surface area contributed by atoms with E-state index in [1.165, 1.54) is 0 Å². The van der Waals surface area contributed by atoms with Crippen molar-refractivity contribution in [2.24, 2.45) is 5.73 Å². The van der Waals surface area contributed by atoms with Gasteiger partial charge >= 0.3 is 0 Å². The molecule has 7 heteroatoms. The van der Waals surface area contributed by atoms with Crippen molar-refractivity contribution in [3.8, 4) is 0 Å². The van der Waals surface area contributed by atoms with Gasteiger partial charge in [-0.2, -0.15) is 0 Å². The molecular weight excluding hydrogens is 266 g/mol. The van der Waals surface area contributed by atoms with Gasteiger partial charge in [0.2, 0.25) is 0 Å². The van der Waals surface area contributed by atoms with Gasteiger partial charge in [0, 0.05) is 0 Å². The van der Waals surface area contributed by atoms with E-state index in [-0.39, 0.29) is 23.0 Å². The highest BCUT2D eigenvalue weighted by Crippen LogP contribution is 2.30. The standard InChI is InChI=1S/C9H9ClF3NO.ClH/c10-6-3-5(1-2-7(6)11)8(14)9(12,13)4-15;/h1-3,8,15H,4,14H2;1H/t8-;/m0./s1. The number of aliphatic hydroxyl groups excluding tert-OH is 1. The van der Waals surface area contributed by atoms with Gasteiger partial charge in [0.15, 0.2) is 0 Å². The molecule has 3 N–H and O–H groups in total. The molecule has 0 saturated carbocycles. The van der Waals surface area contributed by atoms with E-state index >= 15 is 0 Å². The van der Waals surface area contributed by atoms with Gasteiger partial charge in [0.1, 0.15) is 12.4 Å². The molecule has 1 rings (SSSR count). The van der Waals surface area contributed by atoms with Crippen molar-refractivity contribution in [2.45, 2.75) is 12.0 Å². The first-order valence-electron chi connectivity index (χ1n) is 4.07. The number of nitrogens with two attached hydrogens (primary N) is 1. The minimum absolute atomic E-state index is 0. The first kappa shape index (κ1) is 15.5. The molecule has 1 aromatic carbocycles. The molecule has 0 aliphatic carbocycles. The topological polar surface area (TPSA) is 46.2 Å². The van der Waals surface area contributed by atoms with Gasteiger partial charge in [-0.3, -0.25) is 0 Å². The van der Waals surface area contributed by atoms with Gasteiger partial charge in [-0.15, -0.1) is 12.4 Å². The lowest BCUT2D eigenvalue weighted by Gasteiger charge is -2.21. The molecule has 0 radical (unpaired) electrons. The SMILES string of the molecule is Cl.N[C@@H](c1ccc(F)c(Cl)c1)C(F)(F)CO. The van der Waals surface area contributed by atoms with Crippen molar-refractivity contribution in [3.63, 3.8) is 0 Å². The molecular formula is C9H10Cl2F3NO. The molecule has 92 valence electrons. The maximum atomic E-state index is 13.0. The molecule has 0 aliphatic heterocycles. The van der Waals surface area contributed by atoms with Crippen LogP contribution in [0.1, 0.15) is 11.6 Å². The number of rotatable bonds is 3. The summed E-state index contributed by atoms with van der Waals surface area (Å²) in [6.07, 6.45) is 0. The Hall–Kier alpha value is -0.490. The van der Waals surface area contributed by atoms with Crippen LogP contribution in [0.2, 0.25) is 5.02 Å². The summed E-state index contributed by atoms with van der Waals surface area (Å²) in [5, 5.41) is 8.13. The Morgan fingerprint density at radius 3 is 2.44 bits per heavy atom. The Balaban J connectivity index is 0.00000225. The molecule has 0 bridgehead atoms. The minimum atomic E-state index is -3.46. The smallest absolute Gasteiger partial charge is 0.289 e. The molecule has 0 saturated heterocycles. The molecule has 0 spiro atoms. The number of hydrogen-bond acceptors (Lipinski definition) is 2. The van der Waals surface area contributed by atoms with Crippen LogP contribution in [-0.4, -0.2) is 17.6 Å². The van der Waals surface area contributed by atoms with Crippen LogP contribution in [0.3, 0.4) is 0 Å². The van der Waals surface area contributed by atoms with E-state index < -0.39 is 24.4 Å². The van der Waals surface area contributed by atoms with Crippen LogP contribution in [0.25, 0.3) is 0 Å². The van der Waals surface area contributed by atoms with Crippen molar-refractivity contribution in [3.05, 3.63) is 34.6 Å².